The minimum atomic E-state index is -0.0858. The first kappa shape index (κ1) is 14.5. The fraction of sp³-hybridized carbons (Fsp3) is 0.333. The Morgan fingerprint density at radius 3 is 2.89 bits per heavy atom. The van der Waals surface area contributed by atoms with E-state index in [0.717, 1.165) is 26.3 Å². The number of nitrogens with zero attached hydrogens (tertiary/aromatic N) is 1. The van der Waals surface area contributed by atoms with Crippen LogP contribution in [0.2, 0.25) is 4.34 Å². The zero-order chi connectivity index (χ0) is 13.8. The topological polar surface area (TPSA) is 68.0 Å². The lowest BCUT2D eigenvalue weighted by molar-refractivity contribution is 0.0957. The van der Waals surface area contributed by atoms with Crippen molar-refractivity contribution in [1.82, 2.24) is 10.3 Å². The van der Waals surface area contributed by atoms with Crippen LogP contribution in [0.1, 0.15) is 21.8 Å². The van der Waals surface area contributed by atoms with Gasteiger partial charge in [-0.15, -0.1) is 22.7 Å². The van der Waals surface area contributed by atoms with Crippen LogP contribution in [-0.2, 0) is 0 Å². The predicted octanol–water partition coefficient (Wildman–Crippen LogP) is 2.91. The third-order valence-electron chi connectivity index (χ3n) is 2.45. The zero-order valence-corrected chi connectivity index (χ0v) is 12.8. The molecule has 102 valence electrons. The molecule has 0 atom stereocenters. The molecule has 0 aliphatic heterocycles. The largest absolute Gasteiger partial charge is 0.351 e. The van der Waals surface area contributed by atoms with E-state index in [1.54, 1.807) is 0 Å². The Balaban J connectivity index is 2.14. The molecule has 0 fully saturated rings. The number of carbonyl (C=O) groups is 1. The van der Waals surface area contributed by atoms with Gasteiger partial charge < -0.3 is 11.1 Å². The molecule has 4 nitrogen and oxygen atoms in total. The van der Waals surface area contributed by atoms with E-state index in [1.165, 1.54) is 22.7 Å². The monoisotopic (exact) mass is 315 g/mol. The summed E-state index contributed by atoms with van der Waals surface area (Å²) in [6.45, 7) is 3.00. The number of halogens is 1. The van der Waals surface area contributed by atoms with Crippen LogP contribution >= 0.6 is 34.3 Å². The van der Waals surface area contributed by atoms with Crippen molar-refractivity contribution in [2.45, 2.75) is 13.3 Å². The molecule has 2 rings (SSSR count). The summed E-state index contributed by atoms with van der Waals surface area (Å²) in [5.74, 6) is -0.0858. The number of carbonyl (C=O) groups excluding carboxylic acids is 1. The van der Waals surface area contributed by atoms with Crippen molar-refractivity contribution >= 4 is 40.2 Å². The maximum absolute atomic E-state index is 12.0. The maximum atomic E-state index is 12.0. The van der Waals surface area contributed by atoms with Crippen molar-refractivity contribution in [1.29, 1.82) is 0 Å². The lowest BCUT2D eigenvalue weighted by Gasteiger charge is -2.01. The van der Waals surface area contributed by atoms with E-state index < -0.39 is 0 Å². The van der Waals surface area contributed by atoms with Gasteiger partial charge in [0.05, 0.1) is 14.9 Å². The van der Waals surface area contributed by atoms with Gasteiger partial charge in [0, 0.05) is 6.54 Å². The molecule has 19 heavy (non-hydrogen) atoms. The average Bonchev–Trinajstić information content (AvgIpc) is 2.95. The standard InChI is InChI=1S/C12H14ClN3OS2/c1-7-10(11(17)15-6-2-5-14)19-12(16-7)8-3-4-9(13)18-8/h3-4H,2,5-6,14H2,1H3,(H,15,17). The van der Waals surface area contributed by atoms with Crippen LogP contribution in [0.25, 0.3) is 9.88 Å². The number of aryl methyl sites for hydroxylation is 1. The molecule has 2 aromatic rings. The van der Waals surface area contributed by atoms with E-state index in [1.807, 2.05) is 19.1 Å². The molecule has 3 N–H and O–H groups in total. The molecule has 0 spiro atoms. The van der Waals surface area contributed by atoms with Gasteiger partial charge in [-0.05, 0) is 32.0 Å². The van der Waals surface area contributed by atoms with E-state index in [4.69, 9.17) is 17.3 Å². The summed E-state index contributed by atoms with van der Waals surface area (Å²) in [7, 11) is 0. The van der Waals surface area contributed by atoms with E-state index in [9.17, 15) is 4.79 Å². The highest BCUT2D eigenvalue weighted by Crippen LogP contribution is 2.34. The molecular formula is C12H14ClN3OS2. The third-order valence-corrected chi connectivity index (χ3v) is 5.01. The Bertz CT molecular complexity index is 579. The first-order chi connectivity index (χ1) is 9.11. The summed E-state index contributed by atoms with van der Waals surface area (Å²) >= 11 is 8.76. The molecule has 0 bridgehead atoms. The van der Waals surface area contributed by atoms with Crippen molar-refractivity contribution in [2.24, 2.45) is 5.73 Å². The van der Waals surface area contributed by atoms with E-state index >= 15 is 0 Å². The molecule has 0 aromatic carbocycles. The summed E-state index contributed by atoms with van der Waals surface area (Å²) in [5, 5.41) is 3.67. The zero-order valence-electron chi connectivity index (χ0n) is 10.4. The fourth-order valence-corrected chi connectivity index (χ4v) is 3.61. The number of thiophene rings is 1. The van der Waals surface area contributed by atoms with Crippen molar-refractivity contribution in [3.63, 3.8) is 0 Å². The van der Waals surface area contributed by atoms with Gasteiger partial charge in [-0.1, -0.05) is 11.6 Å². The number of nitrogens with one attached hydrogen (secondary N) is 1. The second-order valence-corrected chi connectivity index (χ2v) is 6.65. The quantitative estimate of drug-likeness (QED) is 0.834. The molecule has 0 radical (unpaired) electrons. The van der Waals surface area contributed by atoms with Crippen molar-refractivity contribution < 1.29 is 4.79 Å². The number of thiazole rings is 1. The van der Waals surface area contributed by atoms with Gasteiger partial charge in [-0.25, -0.2) is 4.98 Å². The van der Waals surface area contributed by atoms with E-state index in [-0.39, 0.29) is 5.91 Å². The van der Waals surface area contributed by atoms with Gasteiger partial charge in [-0.3, -0.25) is 4.79 Å². The molecular weight excluding hydrogens is 302 g/mol. The highest BCUT2D eigenvalue weighted by atomic mass is 35.5. The molecule has 0 saturated heterocycles. The molecule has 0 unspecified atom stereocenters. The minimum absolute atomic E-state index is 0.0858. The first-order valence-electron chi connectivity index (χ1n) is 5.83. The lowest BCUT2D eigenvalue weighted by atomic mass is 10.3. The third kappa shape index (κ3) is 3.54. The Kier molecular flexibility index (Phi) is 4.93. The number of hydrogen-bond donors (Lipinski definition) is 2. The SMILES string of the molecule is Cc1nc(-c2ccc(Cl)s2)sc1C(=O)NCCCN. The highest BCUT2D eigenvalue weighted by molar-refractivity contribution is 7.24. The number of nitrogens with two attached hydrogens (primary N) is 1. The lowest BCUT2D eigenvalue weighted by Crippen LogP contribution is -2.25. The van der Waals surface area contributed by atoms with Gasteiger partial charge in [0.1, 0.15) is 9.88 Å². The normalized spacial score (nSPS) is 10.7. The molecule has 0 saturated carbocycles. The second-order valence-electron chi connectivity index (χ2n) is 3.94. The second kappa shape index (κ2) is 6.47. The Morgan fingerprint density at radius 1 is 1.47 bits per heavy atom. The first-order valence-corrected chi connectivity index (χ1v) is 7.84. The fourth-order valence-electron chi connectivity index (χ4n) is 1.53. The van der Waals surface area contributed by atoms with Gasteiger partial charge in [-0.2, -0.15) is 0 Å². The molecule has 2 heterocycles. The van der Waals surface area contributed by atoms with Gasteiger partial charge >= 0.3 is 0 Å². The van der Waals surface area contributed by atoms with Crippen molar-refractivity contribution in [2.75, 3.05) is 13.1 Å². The van der Waals surface area contributed by atoms with Crippen molar-refractivity contribution in [3.05, 3.63) is 27.0 Å². The van der Waals surface area contributed by atoms with Crippen LogP contribution in [0.3, 0.4) is 0 Å². The van der Waals surface area contributed by atoms with Crippen LogP contribution in [0.5, 0.6) is 0 Å². The van der Waals surface area contributed by atoms with Crippen LogP contribution in [-0.4, -0.2) is 24.0 Å². The smallest absolute Gasteiger partial charge is 0.263 e. The summed E-state index contributed by atoms with van der Waals surface area (Å²) in [5.41, 5.74) is 6.14. The predicted molar refractivity (Wildman–Crippen MR) is 81.2 cm³/mol. The molecule has 0 aliphatic carbocycles. The average molecular weight is 316 g/mol. The Hall–Kier alpha value is -0.950. The number of aromatic nitrogens is 1. The minimum Gasteiger partial charge on any atom is -0.351 e. The Labute approximate surface area is 124 Å². The van der Waals surface area contributed by atoms with Gasteiger partial charge in [0.15, 0.2) is 0 Å². The summed E-state index contributed by atoms with van der Waals surface area (Å²) in [4.78, 5) is 18.0. The maximum Gasteiger partial charge on any atom is 0.263 e. The van der Waals surface area contributed by atoms with Crippen LogP contribution < -0.4 is 11.1 Å². The molecule has 7 heteroatoms. The van der Waals surface area contributed by atoms with Gasteiger partial charge in [0.2, 0.25) is 0 Å². The van der Waals surface area contributed by atoms with Crippen LogP contribution in [0, 0.1) is 6.92 Å². The van der Waals surface area contributed by atoms with Crippen molar-refractivity contribution in [3.8, 4) is 9.88 Å². The highest BCUT2D eigenvalue weighted by Gasteiger charge is 2.16. The summed E-state index contributed by atoms with van der Waals surface area (Å²) in [6, 6.07) is 3.75. The van der Waals surface area contributed by atoms with E-state index in [2.05, 4.69) is 10.3 Å². The van der Waals surface area contributed by atoms with Crippen LogP contribution in [0.15, 0.2) is 12.1 Å². The molecule has 1 amide bonds. The number of hydrogen-bond acceptors (Lipinski definition) is 5. The molecule has 2 aromatic heterocycles. The number of amides is 1. The summed E-state index contributed by atoms with van der Waals surface area (Å²) < 4.78 is 0.719. The van der Waals surface area contributed by atoms with Crippen LogP contribution in [0.4, 0.5) is 0 Å². The Morgan fingerprint density at radius 2 is 2.26 bits per heavy atom. The van der Waals surface area contributed by atoms with Gasteiger partial charge in [0.25, 0.3) is 5.91 Å². The molecule has 0 aliphatic rings. The summed E-state index contributed by atoms with van der Waals surface area (Å²) in [6.07, 6.45) is 0.775. The number of rotatable bonds is 5. The van der Waals surface area contributed by atoms with E-state index in [0.29, 0.717) is 18.0 Å².